The molecular weight excluding hydrogens is 412 g/mol. The van der Waals surface area contributed by atoms with Crippen molar-refractivity contribution >= 4 is 33.4 Å². The molecular formula is C19H26N4O6S. The molecule has 1 N–H and O–H groups in total. The monoisotopic (exact) mass is 438 g/mol. The molecule has 30 heavy (non-hydrogen) atoms. The molecule has 0 aliphatic carbocycles. The number of nitrogens with zero attached hydrogens (tertiary/aromatic N) is 3. The third-order valence-electron chi connectivity index (χ3n) is 5.17. The van der Waals surface area contributed by atoms with Crippen LogP contribution in [0.15, 0.2) is 24.4 Å². The molecule has 0 radical (unpaired) electrons. The normalized spacial score (nSPS) is 17.7. The van der Waals surface area contributed by atoms with E-state index in [4.69, 9.17) is 9.47 Å². The standard InChI is InChI=1S/C19H26N4O6S/c1-14-12-23(9-8-22(14)7-6-21-30(25,26)29-13-24)17-4-5-20-16-11-19(28-3)18(27-2)10-15(16)17/h4-5,10-11,13-14,21H,6-9,12H2,1-3H3/t14-/m1/s1. The van der Waals surface area contributed by atoms with Crippen LogP contribution < -0.4 is 19.1 Å². The zero-order valence-corrected chi connectivity index (χ0v) is 18.0. The van der Waals surface area contributed by atoms with E-state index in [1.807, 2.05) is 18.2 Å². The van der Waals surface area contributed by atoms with Crippen LogP contribution in [0.25, 0.3) is 10.9 Å². The Hall–Kier alpha value is -2.63. The number of hydrogen-bond acceptors (Lipinski definition) is 9. The number of ether oxygens (including phenoxy) is 2. The Morgan fingerprint density at radius 2 is 1.97 bits per heavy atom. The summed E-state index contributed by atoms with van der Waals surface area (Å²) in [6.45, 7) is 4.96. The van der Waals surface area contributed by atoms with Gasteiger partial charge in [-0.1, -0.05) is 0 Å². The maximum Gasteiger partial charge on any atom is 0.384 e. The fourth-order valence-electron chi connectivity index (χ4n) is 3.68. The lowest BCUT2D eigenvalue weighted by Gasteiger charge is -2.41. The third-order valence-corrected chi connectivity index (χ3v) is 6.06. The molecule has 3 rings (SSSR count). The summed E-state index contributed by atoms with van der Waals surface area (Å²) >= 11 is 0. The maximum absolute atomic E-state index is 11.4. The number of nitrogens with one attached hydrogen (secondary N) is 1. The summed E-state index contributed by atoms with van der Waals surface area (Å²) in [7, 11) is -0.822. The topological polar surface area (TPSA) is 110 Å². The van der Waals surface area contributed by atoms with Crippen molar-refractivity contribution in [1.82, 2.24) is 14.6 Å². The van der Waals surface area contributed by atoms with E-state index in [-0.39, 0.29) is 19.1 Å². The highest BCUT2D eigenvalue weighted by Gasteiger charge is 2.25. The summed E-state index contributed by atoms with van der Waals surface area (Å²) in [5.74, 6) is 1.28. The summed E-state index contributed by atoms with van der Waals surface area (Å²) in [6, 6.07) is 5.99. The van der Waals surface area contributed by atoms with Crippen LogP contribution in [0.5, 0.6) is 11.5 Å². The Morgan fingerprint density at radius 1 is 1.23 bits per heavy atom. The number of pyridine rings is 1. The van der Waals surface area contributed by atoms with E-state index in [0.717, 1.165) is 36.2 Å². The molecule has 1 aliphatic heterocycles. The summed E-state index contributed by atoms with van der Waals surface area (Å²) in [5, 5.41) is 0.981. The first-order valence-corrected chi connectivity index (χ1v) is 10.9. The number of rotatable bonds is 9. The Morgan fingerprint density at radius 3 is 2.63 bits per heavy atom. The lowest BCUT2D eigenvalue weighted by molar-refractivity contribution is -0.120. The van der Waals surface area contributed by atoms with Gasteiger partial charge in [-0.3, -0.25) is 14.7 Å². The van der Waals surface area contributed by atoms with Crippen LogP contribution in [0, 0.1) is 0 Å². The van der Waals surface area contributed by atoms with Crippen LogP contribution in [0.1, 0.15) is 6.92 Å². The number of carbonyl (C=O) groups excluding carboxylic acids is 1. The summed E-state index contributed by atoms with van der Waals surface area (Å²) < 4.78 is 39.9. The van der Waals surface area contributed by atoms with E-state index in [1.165, 1.54) is 0 Å². The van der Waals surface area contributed by atoms with Gasteiger partial charge in [-0.2, -0.15) is 13.1 Å². The zero-order chi connectivity index (χ0) is 21.7. The van der Waals surface area contributed by atoms with Gasteiger partial charge in [0.25, 0.3) is 0 Å². The lowest BCUT2D eigenvalue weighted by atomic mass is 10.1. The van der Waals surface area contributed by atoms with Crippen molar-refractivity contribution in [1.29, 1.82) is 0 Å². The average Bonchev–Trinajstić information content (AvgIpc) is 2.73. The Kier molecular flexibility index (Phi) is 6.95. The molecule has 2 heterocycles. The van der Waals surface area contributed by atoms with Crippen molar-refractivity contribution in [3.8, 4) is 11.5 Å². The molecule has 0 unspecified atom stereocenters. The number of hydrogen-bond donors (Lipinski definition) is 1. The first kappa shape index (κ1) is 22.1. The minimum Gasteiger partial charge on any atom is -0.493 e. The highest BCUT2D eigenvalue weighted by molar-refractivity contribution is 7.85. The lowest BCUT2D eigenvalue weighted by Crippen LogP contribution is -2.53. The molecule has 2 aromatic rings. The van der Waals surface area contributed by atoms with Crippen molar-refractivity contribution in [2.24, 2.45) is 0 Å². The number of anilines is 1. The van der Waals surface area contributed by atoms with Crippen molar-refractivity contribution in [3.05, 3.63) is 24.4 Å². The molecule has 1 saturated heterocycles. The molecule has 10 nitrogen and oxygen atoms in total. The fraction of sp³-hybridized carbons (Fsp3) is 0.474. The number of aromatic nitrogens is 1. The Bertz CT molecular complexity index is 1000. The molecule has 0 saturated carbocycles. The van der Waals surface area contributed by atoms with Crippen molar-refractivity contribution in [3.63, 3.8) is 0 Å². The smallest absolute Gasteiger partial charge is 0.384 e. The van der Waals surface area contributed by atoms with Crippen LogP contribution >= 0.6 is 0 Å². The highest BCUT2D eigenvalue weighted by Crippen LogP contribution is 2.36. The first-order chi connectivity index (χ1) is 14.4. The van der Waals surface area contributed by atoms with E-state index < -0.39 is 10.3 Å². The highest BCUT2D eigenvalue weighted by atomic mass is 32.2. The van der Waals surface area contributed by atoms with Crippen LogP contribution in [-0.4, -0.2) is 77.8 Å². The quantitative estimate of drug-likeness (QED) is 0.568. The summed E-state index contributed by atoms with van der Waals surface area (Å²) in [5.41, 5.74) is 1.89. The Labute approximate surface area is 176 Å². The first-order valence-electron chi connectivity index (χ1n) is 9.49. The van der Waals surface area contributed by atoms with Crippen molar-refractivity contribution in [2.75, 3.05) is 51.8 Å². The molecule has 0 spiro atoms. The van der Waals surface area contributed by atoms with Crippen molar-refractivity contribution in [2.45, 2.75) is 13.0 Å². The van der Waals surface area contributed by atoms with E-state index in [2.05, 4.69) is 30.6 Å². The minimum absolute atomic E-state index is 0.104. The molecule has 0 bridgehead atoms. The maximum atomic E-state index is 11.4. The number of benzene rings is 1. The van der Waals surface area contributed by atoms with E-state index >= 15 is 0 Å². The van der Waals surface area contributed by atoms with Gasteiger partial charge < -0.3 is 18.6 Å². The van der Waals surface area contributed by atoms with Gasteiger partial charge in [-0.25, -0.2) is 0 Å². The molecule has 0 amide bonds. The van der Waals surface area contributed by atoms with Gasteiger partial charge in [0.15, 0.2) is 11.5 Å². The number of fused-ring (bicyclic) bond motifs is 1. The van der Waals surface area contributed by atoms with Crippen LogP contribution in [-0.2, 0) is 19.3 Å². The van der Waals surface area contributed by atoms with Gasteiger partial charge in [0, 0.05) is 62.1 Å². The van der Waals surface area contributed by atoms with Gasteiger partial charge in [-0.15, -0.1) is 0 Å². The second-order valence-corrected chi connectivity index (χ2v) is 8.32. The van der Waals surface area contributed by atoms with Crippen LogP contribution in [0.2, 0.25) is 0 Å². The molecule has 1 aliphatic rings. The number of methoxy groups -OCH3 is 2. The van der Waals surface area contributed by atoms with E-state index in [1.54, 1.807) is 20.4 Å². The Balaban J connectivity index is 1.71. The van der Waals surface area contributed by atoms with Gasteiger partial charge in [0.1, 0.15) is 0 Å². The van der Waals surface area contributed by atoms with E-state index in [9.17, 15) is 13.2 Å². The number of piperazine rings is 1. The second kappa shape index (κ2) is 9.45. The minimum atomic E-state index is -4.02. The summed E-state index contributed by atoms with van der Waals surface area (Å²) in [6.07, 6.45) is 1.78. The van der Waals surface area contributed by atoms with Gasteiger partial charge in [0.05, 0.1) is 19.7 Å². The second-order valence-electron chi connectivity index (χ2n) is 6.93. The SMILES string of the molecule is COc1cc2nccc(N3CCN(CCNS(=O)(=O)OC=O)[C@H](C)C3)c2cc1OC. The van der Waals surface area contributed by atoms with Gasteiger partial charge in [0.2, 0.25) is 0 Å². The van der Waals surface area contributed by atoms with Crippen LogP contribution in [0.4, 0.5) is 5.69 Å². The van der Waals surface area contributed by atoms with Crippen molar-refractivity contribution < 1.29 is 26.9 Å². The molecule has 1 atom stereocenters. The molecule has 1 aromatic heterocycles. The predicted molar refractivity (Wildman–Crippen MR) is 112 cm³/mol. The predicted octanol–water partition coefficient (Wildman–Crippen LogP) is 0.770. The van der Waals surface area contributed by atoms with Gasteiger partial charge >= 0.3 is 16.8 Å². The third kappa shape index (κ3) is 4.91. The summed E-state index contributed by atoms with van der Waals surface area (Å²) in [4.78, 5) is 19.1. The van der Waals surface area contributed by atoms with Crippen LogP contribution in [0.3, 0.4) is 0 Å². The van der Waals surface area contributed by atoms with Gasteiger partial charge in [-0.05, 0) is 19.1 Å². The fourth-order valence-corrected chi connectivity index (χ4v) is 4.19. The molecule has 1 aromatic carbocycles. The molecule has 1 fully saturated rings. The number of carbonyl (C=O) groups is 1. The average molecular weight is 439 g/mol. The zero-order valence-electron chi connectivity index (χ0n) is 17.2. The largest absolute Gasteiger partial charge is 0.493 e. The molecule has 11 heteroatoms. The van der Waals surface area contributed by atoms with E-state index in [0.29, 0.717) is 18.0 Å². The molecule has 164 valence electrons.